The summed E-state index contributed by atoms with van der Waals surface area (Å²) in [6, 6.07) is 8.51. The first-order chi connectivity index (χ1) is 6.40. The molecule has 0 spiro atoms. The number of thiophene rings is 1. The van der Waals surface area contributed by atoms with Crippen LogP contribution >= 0.6 is 11.3 Å². The van der Waals surface area contributed by atoms with Crippen LogP contribution in [0.5, 0.6) is 0 Å². The third-order valence-electron chi connectivity index (χ3n) is 1.87. The van der Waals surface area contributed by atoms with Gasteiger partial charge in [0.05, 0.1) is 13.4 Å². The van der Waals surface area contributed by atoms with Crippen LogP contribution in [0.15, 0.2) is 35.9 Å². The van der Waals surface area contributed by atoms with Crippen molar-refractivity contribution in [1.29, 1.82) is 0 Å². The van der Waals surface area contributed by atoms with Gasteiger partial charge in [-0.1, -0.05) is 6.07 Å². The second-order valence-corrected chi connectivity index (χ2v) is 3.70. The van der Waals surface area contributed by atoms with Gasteiger partial charge in [0.1, 0.15) is 0 Å². The van der Waals surface area contributed by atoms with Gasteiger partial charge in [0, 0.05) is 4.70 Å². The third kappa shape index (κ3) is 1.73. The predicted molar refractivity (Wildman–Crippen MR) is 57.9 cm³/mol. The summed E-state index contributed by atoms with van der Waals surface area (Å²) in [6.45, 7) is 0. The van der Waals surface area contributed by atoms with Gasteiger partial charge in [0.25, 0.3) is 0 Å². The quantitative estimate of drug-likeness (QED) is 0.658. The van der Waals surface area contributed by atoms with E-state index in [2.05, 4.69) is 29.6 Å². The molecule has 0 amide bonds. The van der Waals surface area contributed by atoms with Crippen molar-refractivity contribution in [2.24, 2.45) is 0 Å². The maximum absolute atomic E-state index is 4.86. The summed E-state index contributed by atoms with van der Waals surface area (Å²) in [5, 5.41) is 3.40. The Morgan fingerprint density at radius 1 is 1.31 bits per heavy atom. The maximum atomic E-state index is 4.86. The largest absolute Gasteiger partial charge is 0.504 e. The van der Waals surface area contributed by atoms with E-state index < -0.39 is 0 Å². The second kappa shape index (κ2) is 3.62. The molecule has 1 aromatic heterocycles. The average Bonchev–Trinajstić information content (AvgIpc) is 2.61. The molecule has 0 N–H and O–H groups in total. The number of benzene rings is 1. The first kappa shape index (κ1) is 8.32. The molecule has 0 bridgehead atoms. The number of fused-ring (bicyclic) bond motifs is 1. The van der Waals surface area contributed by atoms with Crippen molar-refractivity contribution in [2.45, 2.75) is 0 Å². The van der Waals surface area contributed by atoms with E-state index in [9.17, 15) is 0 Å². The van der Waals surface area contributed by atoms with Crippen LogP contribution in [0.2, 0.25) is 0 Å². The third-order valence-corrected chi connectivity index (χ3v) is 2.77. The summed E-state index contributed by atoms with van der Waals surface area (Å²) in [6.07, 6.45) is 3.64. The fraction of sp³-hybridized carbons (Fsp3) is 0.0909. The average molecular weight is 190 g/mol. The van der Waals surface area contributed by atoms with E-state index in [4.69, 9.17) is 4.74 Å². The minimum Gasteiger partial charge on any atom is -0.504 e. The molecule has 0 aliphatic heterocycles. The molecule has 2 rings (SSSR count). The van der Waals surface area contributed by atoms with Crippen molar-refractivity contribution in [2.75, 3.05) is 7.11 Å². The van der Waals surface area contributed by atoms with Gasteiger partial charge in [-0.15, -0.1) is 11.3 Å². The topological polar surface area (TPSA) is 9.23 Å². The summed E-state index contributed by atoms with van der Waals surface area (Å²) in [4.78, 5) is 0. The Labute approximate surface area is 81.3 Å². The lowest BCUT2D eigenvalue weighted by Gasteiger charge is -1.93. The van der Waals surface area contributed by atoms with Crippen LogP contribution in [0.4, 0.5) is 0 Å². The second-order valence-electron chi connectivity index (χ2n) is 2.76. The molecule has 0 atom stereocenters. The van der Waals surface area contributed by atoms with Gasteiger partial charge >= 0.3 is 0 Å². The standard InChI is InChI=1S/C11H10OS/c1-12-6-4-9-2-3-11-10(8-9)5-7-13-11/h2-8H,1H3. The van der Waals surface area contributed by atoms with Crippen molar-refractivity contribution in [3.8, 4) is 0 Å². The number of methoxy groups -OCH3 is 1. The molecule has 1 aromatic carbocycles. The molecule has 13 heavy (non-hydrogen) atoms. The van der Waals surface area contributed by atoms with E-state index in [0.717, 1.165) is 0 Å². The van der Waals surface area contributed by atoms with E-state index in [0.29, 0.717) is 0 Å². The van der Waals surface area contributed by atoms with Crippen molar-refractivity contribution >= 4 is 27.5 Å². The summed E-state index contributed by atoms with van der Waals surface area (Å²) in [5.74, 6) is 0. The molecular weight excluding hydrogens is 180 g/mol. The van der Waals surface area contributed by atoms with Crippen LogP contribution in [0.25, 0.3) is 16.2 Å². The molecule has 2 heteroatoms. The van der Waals surface area contributed by atoms with Gasteiger partial charge in [-0.3, -0.25) is 0 Å². The molecule has 0 saturated carbocycles. The lowest BCUT2D eigenvalue weighted by atomic mass is 10.2. The molecule has 0 radical (unpaired) electrons. The van der Waals surface area contributed by atoms with Gasteiger partial charge in [-0.05, 0) is 40.6 Å². The van der Waals surface area contributed by atoms with E-state index >= 15 is 0 Å². The highest BCUT2D eigenvalue weighted by molar-refractivity contribution is 7.17. The molecule has 66 valence electrons. The Kier molecular flexibility index (Phi) is 2.32. The van der Waals surface area contributed by atoms with E-state index in [1.807, 2.05) is 6.08 Å². The normalized spacial score (nSPS) is 11.2. The Morgan fingerprint density at radius 2 is 2.23 bits per heavy atom. The molecular formula is C11H10OS. The molecule has 1 heterocycles. The van der Waals surface area contributed by atoms with E-state index in [1.165, 1.54) is 15.6 Å². The van der Waals surface area contributed by atoms with Crippen LogP contribution < -0.4 is 0 Å². The van der Waals surface area contributed by atoms with Crippen molar-refractivity contribution < 1.29 is 4.74 Å². The van der Waals surface area contributed by atoms with Crippen LogP contribution in [0.3, 0.4) is 0 Å². The first-order valence-corrected chi connectivity index (χ1v) is 4.95. The lowest BCUT2D eigenvalue weighted by molar-refractivity contribution is 0.341. The van der Waals surface area contributed by atoms with Crippen LogP contribution in [-0.4, -0.2) is 7.11 Å². The van der Waals surface area contributed by atoms with E-state index in [1.54, 1.807) is 24.7 Å². The number of hydrogen-bond donors (Lipinski definition) is 0. The van der Waals surface area contributed by atoms with E-state index in [-0.39, 0.29) is 0 Å². The number of rotatable bonds is 2. The highest BCUT2D eigenvalue weighted by atomic mass is 32.1. The lowest BCUT2D eigenvalue weighted by Crippen LogP contribution is -1.71. The number of ether oxygens (including phenoxy) is 1. The maximum Gasteiger partial charge on any atom is 0.0830 e. The minimum atomic E-state index is 1.17. The Balaban J connectivity index is 2.42. The first-order valence-electron chi connectivity index (χ1n) is 4.07. The molecule has 2 aromatic rings. The van der Waals surface area contributed by atoms with Gasteiger partial charge in [-0.2, -0.15) is 0 Å². The van der Waals surface area contributed by atoms with Gasteiger partial charge < -0.3 is 4.74 Å². The molecule has 1 nitrogen and oxygen atoms in total. The summed E-state index contributed by atoms with van der Waals surface area (Å²) in [7, 11) is 1.65. The summed E-state index contributed by atoms with van der Waals surface area (Å²) < 4.78 is 6.19. The SMILES string of the molecule is COC=Cc1ccc2sccc2c1. The van der Waals surface area contributed by atoms with Crippen LogP contribution in [-0.2, 0) is 4.74 Å². The monoisotopic (exact) mass is 190 g/mol. The highest BCUT2D eigenvalue weighted by Gasteiger charge is 1.94. The van der Waals surface area contributed by atoms with Gasteiger partial charge in [0.15, 0.2) is 0 Å². The molecule has 0 fully saturated rings. The van der Waals surface area contributed by atoms with Crippen molar-refractivity contribution in [1.82, 2.24) is 0 Å². The zero-order valence-electron chi connectivity index (χ0n) is 7.36. The summed E-state index contributed by atoms with van der Waals surface area (Å²) >= 11 is 1.76. The summed E-state index contributed by atoms with van der Waals surface area (Å²) in [5.41, 5.74) is 1.17. The smallest absolute Gasteiger partial charge is 0.0830 e. The fourth-order valence-electron chi connectivity index (χ4n) is 1.24. The minimum absolute atomic E-state index is 1.17. The number of hydrogen-bond acceptors (Lipinski definition) is 2. The zero-order valence-corrected chi connectivity index (χ0v) is 8.17. The Bertz CT molecular complexity index is 428. The zero-order chi connectivity index (χ0) is 9.10. The molecule has 0 saturated heterocycles. The highest BCUT2D eigenvalue weighted by Crippen LogP contribution is 2.22. The van der Waals surface area contributed by atoms with Crippen LogP contribution in [0.1, 0.15) is 5.56 Å². The van der Waals surface area contributed by atoms with Crippen LogP contribution in [0, 0.1) is 0 Å². The fourth-order valence-corrected chi connectivity index (χ4v) is 2.01. The molecule has 0 aliphatic carbocycles. The Morgan fingerprint density at radius 3 is 3.08 bits per heavy atom. The molecule has 0 aliphatic rings. The van der Waals surface area contributed by atoms with Gasteiger partial charge in [0.2, 0.25) is 0 Å². The van der Waals surface area contributed by atoms with Crippen molar-refractivity contribution in [3.63, 3.8) is 0 Å². The Hall–Kier alpha value is -1.28. The predicted octanol–water partition coefficient (Wildman–Crippen LogP) is 3.52. The van der Waals surface area contributed by atoms with Crippen molar-refractivity contribution in [3.05, 3.63) is 41.5 Å². The van der Waals surface area contributed by atoms with Gasteiger partial charge in [-0.25, -0.2) is 0 Å². The molecule has 0 unspecified atom stereocenters.